The van der Waals surface area contributed by atoms with Crippen molar-refractivity contribution < 1.29 is 24.4 Å². The van der Waals surface area contributed by atoms with Crippen LogP contribution in [0.15, 0.2) is 30.3 Å². The van der Waals surface area contributed by atoms with E-state index in [4.69, 9.17) is 0 Å². The molecule has 0 bridgehead atoms. The lowest BCUT2D eigenvalue weighted by Gasteiger charge is -2.24. The minimum absolute atomic E-state index is 0. The summed E-state index contributed by atoms with van der Waals surface area (Å²) in [5, 5.41) is 31.5. The lowest BCUT2D eigenvalue weighted by Crippen LogP contribution is -2.57. The highest BCUT2D eigenvalue weighted by Gasteiger charge is 2.30. The summed E-state index contributed by atoms with van der Waals surface area (Å²) >= 11 is 0. The number of nitrogens with one attached hydrogen (secondary N) is 3. The van der Waals surface area contributed by atoms with Crippen LogP contribution < -0.4 is 16.0 Å². The molecule has 0 spiro atoms. The maximum absolute atomic E-state index is 13.1. The molecule has 2 aromatic rings. The monoisotopic (exact) mass is 535 g/mol. The third kappa shape index (κ3) is 10.2. The van der Waals surface area contributed by atoms with Crippen molar-refractivity contribution >= 4 is 37.2 Å². The molecule has 2 rings (SSSR count). The first-order valence-corrected chi connectivity index (χ1v) is 12.4. The summed E-state index contributed by atoms with van der Waals surface area (Å²) in [6.07, 6.45) is 3.37. The van der Waals surface area contributed by atoms with E-state index in [0.717, 1.165) is 24.8 Å². The molecule has 1 aromatic carbocycles. The van der Waals surface area contributed by atoms with Crippen molar-refractivity contribution in [1.29, 1.82) is 0 Å². The van der Waals surface area contributed by atoms with Crippen LogP contribution in [0.4, 0.5) is 0 Å². The molecule has 2 atom stereocenters. The van der Waals surface area contributed by atoms with Gasteiger partial charge in [0.15, 0.2) is 0 Å². The van der Waals surface area contributed by atoms with Gasteiger partial charge in [-0.05, 0) is 55.9 Å². The van der Waals surface area contributed by atoms with Crippen molar-refractivity contribution in [2.24, 2.45) is 13.0 Å². The Balaban J connectivity index is 0.00000684. The highest BCUT2D eigenvalue weighted by atomic mass is 35.5. The van der Waals surface area contributed by atoms with Crippen molar-refractivity contribution in [1.82, 2.24) is 25.7 Å². The predicted molar refractivity (Wildman–Crippen MR) is 145 cm³/mol. The Morgan fingerprint density at radius 3 is 2.24 bits per heavy atom. The van der Waals surface area contributed by atoms with Gasteiger partial charge in [0, 0.05) is 19.2 Å². The molecular formula is C25H39BClN5O5. The molecule has 0 aliphatic heterocycles. The number of hydrogen-bond acceptors (Lipinski definition) is 6. The minimum Gasteiger partial charge on any atom is -0.426 e. The summed E-state index contributed by atoms with van der Waals surface area (Å²) in [5.41, 5.74) is 2.47. The Bertz CT molecular complexity index is 1030. The fourth-order valence-electron chi connectivity index (χ4n) is 3.81. The normalized spacial score (nSPS) is 12.3. The van der Waals surface area contributed by atoms with E-state index >= 15 is 0 Å². The van der Waals surface area contributed by atoms with Gasteiger partial charge in [0.2, 0.25) is 5.91 Å². The molecule has 12 heteroatoms. The molecule has 10 nitrogen and oxygen atoms in total. The van der Waals surface area contributed by atoms with E-state index in [1.165, 1.54) is 4.68 Å². The van der Waals surface area contributed by atoms with E-state index in [1.807, 2.05) is 26.0 Å². The summed E-state index contributed by atoms with van der Waals surface area (Å²) in [7, 11) is -0.132. The van der Waals surface area contributed by atoms with Crippen LogP contribution in [0.3, 0.4) is 0 Å². The van der Waals surface area contributed by atoms with E-state index in [1.54, 1.807) is 32.2 Å². The number of aryl methyl sites for hydroxylation is 3. The Morgan fingerprint density at radius 1 is 1.08 bits per heavy atom. The van der Waals surface area contributed by atoms with Gasteiger partial charge in [-0.1, -0.05) is 39.3 Å². The summed E-state index contributed by atoms with van der Waals surface area (Å²) in [6.45, 7) is 7.45. The maximum Gasteiger partial charge on any atom is 0.475 e. The zero-order valence-electron chi connectivity index (χ0n) is 22.2. The van der Waals surface area contributed by atoms with Gasteiger partial charge in [0.25, 0.3) is 11.8 Å². The van der Waals surface area contributed by atoms with Crippen LogP contribution in [0.1, 0.15) is 72.1 Å². The van der Waals surface area contributed by atoms with Crippen LogP contribution in [0.25, 0.3) is 0 Å². The molecule has 204 valence electrons. The van der Waals surface area contributed by atoms with Crippen LogP contribution >= 0.6 is 12.4 Å². The van der Waals surface area contributed by atoms with Gasteiger partial charge in [-0.3, -0.25) is 19.1 Å². The molecule has 0 radical (unpaired) electrons. The second-order valence-corrected chi connectivity index (χ2v) is 9.49. The van der Waals surface area contributed by atoms with Gasteiger partial charge >= 0.3 is 7.12 Å². The number of unbranched alkanes of at least 4 members (excludes halogenated alkanes) is 1. The molecule has 0 aliphatic carbocycles. The van der Waals surface area contributed by atoms with Gasteiger partial charge in [-0.25, -0.2) is 0 Å². The highest BCUT2D eigenvalue weighted by molar-refractivity contribution is 6.43. The number of amides is 3. The Labute approximate surface area is 225 Å². The standard InChI is InChI=1S/C25H38BN5O5.ClH/c1-6-7-8-18-9-11-19(12-10-18)23(32)28-20(24(33)29-22(26(35)36)13-16(2)3)15-27-25(34)21-14-17(4)30-31(21)5;/h9-12,14,16,20,22,35-36H,6-8,13,15H2,1-5H3,(H,27,34)(H,28,32)(H,29,33);1H/t20-,22-;/m0./s1. The largest absolute Gasteiger partial charge is 0.475 e. The summed E-state index contributed by atoms with van der Waals surface area (Å²) in [5.74, 6) is -2.41. The van der Waals surface area contributed by atoms with Gasteiger partial charge < -0.3 is 26.0 Å². The molecule has 0 unspecified atom stereocenters. The second-order valence-electron chi connectivity index (χ2n) is 9.49. The van der Waals surface area contributed by atoms with Crippen LogP contribution in [0.2, 0.25) is 0 Å². The van der Waals surface area contributed by atoms with E-state index < -0.39 is 36.8 Å². The van der Waals surface area contributed by atoms with E-state index in [9.17, 15) is 24.4 Å². The molecule has 37 heavy (non-hydrogen) atoms. The number of nitrogens with zero attached hydrogens (tertiary/aromatic N) is 2. The molecule has 0 saturated heterocycles. The fraction of sp³-hybridized carbons (Fsp3) is 0.520. The van der Waals surface area contributed by atoms with Crippen molar-refractivity contribution in [3.63, 3.8) is 0 Å². The van der Waals surface area contributed by atoms with Crippen LogP contribution in [0, 0.1) is 12.8 Å². The van der Waals surface area contributed by atoms with Crippen molar-refractivity contribution in [2.75, 3.05) is 6.54 Å². The molecule has 3 amide bonds. The summed E-state index contributed by atoms with van der Waals surface area (Å²) in [6, 6.07) is 7.63. The number of rotatable bonds is 13. The minimum atomic E-state index is -1.77. The SMILES string of the molecule is CCCCc1ccc(C(=O)N[C@@H](CNC(=O)c2cc(C)nn2C)C(=O)N[C@@H](CC(C)C)B(O)O)cc1.Cl. The lowest BCUT2D eigenvalue weighted by molar-refractivity contribution is -0.123. The topological polar surface area (TPSA) is 146 Å². The lowest BCUT2D eigenvalue weighted by atomic mass is 9.75. The van der Waals surface area contributed by atoms with Gasteiger partial charge in [0.05, 0.1) is 11.6 Å². The zero-order chi connectivity index (χ0) is 26.8. The van der Waals surface area contributed by atoms with E-state index in [-0.39, 0.29) is 24.9 Å². The summed E-state index contributed by atoms with van der Waals surface area (Å²) < 4.78 is 1.43. The third-order valence-electron chi connectivity index (χ3n) is 5.77. The molecule has 5 N–H and O–H groups in total. The first-order chi connectivity index (χ1) is 17.0. The third-order valence-corrected chi connectivity index (χ3v) is 5.77. The number of carbonyl (C=O) groups excluding carboxylic acids is 3. The van der Waals surface area contributed by atoms with Crippen molar-refractivity contribution in [3.8, 4) is 0 Å². The Morgan fingerprint density at radius 2 is 1.73 bits per heavy atom. The van der Waals surface area contributed by atoms with Crippen LogP contribution in [-0.2, 0) is 18.3 Å². The number of aromatic nitrogens is 2. The zero-order valence-corrected chi connectivity index (χ0v) is 23.0. The quantitative estimate of drug-likeness (QED) is 0.246. The first-order valence-electron chi connectivity index (χ1n) is 12.4. The van der Waals surface area contributed by atoms with Gasteiger partial charge in [-0.15, -0.1) is 12.4 Å². The average Bonchev–Trinajstić information content (AvgIpc) is 3.17. The molecule has 1 heterocycles. The van der Waals surface area contributed by atoms with E-state index in [2.05, 4.69) is 28.0 Å². The van der Waals surface area contributed by atoms with Crippen molar-refractivity contribution in [3.05, 3.63) is 52.8 Å². The number of halogens is 1. The molecule has 0 saturated carbocycles. The fourth-order valence-corrected chi connectivity index (χ4v) is 3.81. The molecule has 0 aliphatic rings. The predicted octanol–water partition coefficient (Wildman–Crippen LogP) is 1.56. The molecule has 1 aromatic heterocycles. The summed E-state index contributed by atoms with van der Waals surface area (Å²) in [4.78, 5) is 38.7. The smallest absolute Gasteiger partial charge is 0.426 e. The van der Waals surface area contributed by atoms with Crippen LogP contribution in [0.5, 0.6) is 0 Å². The number of hydrogen-bond donors (Lipinski definition) is 5. The van der Waals surface area contributed by atoms with Gasteiger partial charge in [-0.2, -0.15) is 5.10 Å². The Kier molecular flexibility index (Phi) is 13.4. The molecular weight excluding hydrogens is 497 g/mol. The highest BCUT2D eigenvalue weighted by Crippen LogP contribution is 2.09. The van der Waals surface area contributed by atoms with Crippen LogP contribution in [-0.4, -0.2) is 63.2 Å². The van der Waals surface area contributed by atoms with Gasteiger partial charge in [0.1, 0.15) is 11.7 Å². The van der Waals surface area contributed by atoms with E-state index in [0.29, 0.717) is 23.4 Å². The maximum atomic E-state index is 13.1. The second kappa shape index (κ2) is 15.4. The Hall–Kier alpha value is -2.89. The number of benzene rings is 1. The number of carbonyl (C=O) groups is 3. The molecule has 0 fully saturated rings. The van der Waals surface area contributed by atoms with Crippen molar-refractivity contribution in [2.45, 2.75) is 65.4 Å². The first kappa shape index (κ1) is 32.1. The average molecular weight is 536 g/mol.